The molecule has 0 radical (unpaired) electrons. The van der Waals surface area contributed by atoms with Crippen LogP contribution in [0.1, 0.15) is 85.0 Å². The molecule has 2 heteroatoms. The molecule has 0 aromatic carbocycles. The van der Waals surface area contributed by atoms with Gasteiger partial charge in [-0.15, -0.1) is 0 Å². The second kappa shape index (κ2) is 5.68. The third kappa shape index (κ3) is 3.36. The summed E-state index contributed by atoms with van der Waals surface area (Å²) in [5, 5.41) is 0. The minimum Gasteiger partial charge on any atom is -0.372 e. The third-order valence-corrected chi connectivity index (χ3v) is 6.39. The molecule has 1 spiro atoms. The largest absolute Gasteiger partial charge is 0.372 e. The van der Waals surface area contributed by atoms with Gasteiger partial charge in [0, 0.05) is 12.3 Å². The number of ether oxygens (including phenoxy) is 1. The van der Waals surface area contributed by atoms with Crippen molar-refractivity contribution in [2.75, 3.05) is 0 Å². The second-order valence-corrected chi connectivity index (χ2v) is 8.90. The second-order valence-electron chi connectivity index (χ2n) is 8.90. The van der Waals surface area contributed by atoms with E-state index in [-0.39, 0.29) is 11.5 Å². The minimum absolute atomic E-state index is 0.214. The van der Waals surface area contributed by atoms with Crippen molar-refractivity contribution in [1.82, 2.24) is 0 Å². The van der Waals surface area contributed by atoms with Gasteiger partial charge in [-0.2, -0.15) is 0 Å². The molecule has 3 rings (SSSR count). The van der Waals surface area contributed by atoms with Crippen LogP contribution < -0.4 is 0 Å². The first-order chi connectivity index (χ1) is 9.88. The van der Waals surface area contributed by atoms with Gasteiger partial charge in [0.1, 0.15) is 5.78 Å². The van der Waals surface area contributed by atoms with Crippen molar-refractivity contribution >= 4 is 5.78 Å². The number of rotatable bonds is 2. The summed E-state index contributed by atoms with van der Waals surface area (Å²) in [5.74, 6) is 1.47. The van der Waals surface area contributed by atoms with Crippen molar-refractivity contribution in [3.63, 3.8) is 0 Å². The van der Waals surface area contributed by atoms with Crippen molar-refractivity contribution in [1.29, 1.82) is 0 Å². The Balaban J connectivity index is 1.57. The predicted octanol–water partition coefficient (Wildman–Crippen LogP) is 4.90. The maximum Gasteiger partial charge on any atom is 0.136 e. The van der Waals surface area contributed by atoms with E-state index in [2.05, 4.69) is 20.8 Å². The van der Waals surface area contributed by atoms with E-state index in [0.717, 1.165) is 25.7 Å². The van der Waals surface area contributed by atoms with Crippen LogP contribution in [-0.4, -0.2) is 17.5 Å². The molecule has 0 aromatic rings. The number of carbonyl (C=O) groups excluding carboxylic acids is 1. The van der Waals surface area contributed by atoms with Gasteiger partial charge in [-0.25, -0.2) is 0 Å². The fourth-order valence-electron chi connectivity index (χ4n) is 4.89. The Bertz CT molecular complexity index is 387. The number of Topliss-reactive ketones (excluding diaryl/α,β-unsaturated/α-hetero) is 1. The predicted molar refractivity (Wildman–Crippen MR) is 85.2 cm³/mol. The third-order valence-electron chi connectivity index (χ3n) is 6.39. The molecule has 0 aromatic heterocycles. The van der Waals surface area contributed by atoms with E-state index < -0.39 is 0 Å². The highest BCUT2D eigenvalue weighted by atomic mass is 16.5. The highest BCUT2D eigenvalue weighted by Gasteiger charge is 2.44. The summed E-state index contributed by atoms with van der Waals surface area (Å²) in [4.78, 5) is 12.3. The van der Waals surface area contributed by atoms with Crippen LogP contribution >= 0.6 is 0 Å². The summed E-state index contributed by atoms with van der Waals surface area (Å²) in [7, 11) is 0. The molecule has 1 saturated heterocycles. The van der Waals surface area contributed by atoms with Crippen molar-refractivity contribution in [3.8, 4) is 0 Å². The van der Waals surface area contributed by atoms with Gasteiger partial charge in [0.05, 0.1) is 11.7 Å². The molecule has 3 aliphatic rings. The van der Waals surface area contributed by atoms with Crippen LogP contribution in [0.5, 0.6) is 0 Å². The first kappa shape index (κ1) is 15.5. The van der Waals surface area contributed by atoms with Crippen LogP contribution in [0.4, 0.5) is 0 Å². The SMILES string of the molecule is CC(C)(C)C1CCC(=O)C(CC2CCC3(CCCC3)O2)C1. The van der Waals surface area contributed by atoms with Crippen LogP contribution in [-0.2, 0) is 9.53 Å². The van der Waals surface area contributed by atoms with E-state index in [1.54, 1.807) is 0 Å². The number of hydrogen-bond donors (Lipinski definition) is 0. The van der Waals surface area contributed by atoms with Gasteiger partial charge in [0.25, 0.3) is 0 Å². The molecule has 3 atom stereocenters. The summed E-state index contributed by atoms with van der Waals surface area (Å²) in [6.07, 6.45) is 11.9. The summed E-state index contributed by atoms with van der Waals surface area (Å²) < 4.78 is 6.43. The average molecular weight is 292 g/mol. The normalized spacial score (nSPS) is 36.5. The van der Waals surface area contributed by atoms with Crippen molar-refractivity contribution in [2.45, 2.75) is 96.7 Å². The molecule has 0 bridgehead atoms. The topological polar surface area (TPSA) is 26.3 Å². The highest BCUT2D eigenvalue weighted by Crippen LogP contribution is 2.46. The fourth-order valence-corrected chi connectivity index (χ4v) is 4.89. The van der Waals surface area contributed by atoms with E-state index in [9.17, 15) is 4.79 Å². The molecule has 2 aliphatic carbocycles. The van der Waals surface area contributed by atoms with Crippen LogP contribution in [0.15, 0.2) is 0 Å². The Morgan fingerprint density at radius 2 is 1.86 bits per heavy atom. The standard InChI is InChI=1S/C19H32O2/c1-18(2,3)15-6-7-17(20)14(12-15)13-16-8-11-19(21-16)9-4-5-10-19/h14-16H,4-13H2,1-3H3. The lowest BCUT2D eigenvalue weighted by Gasteiger charge is -2.37. The van der Waals surface area contributed by atoms with Gasteiger partial charge in [-0.1, -0.05) is 33.6 Å². The minimum atomic E-state index is 0.214. The molecule has 1 aliphatic heterocycles. The number of carbonyl (C=O) groups is 1. The number of hydrogen-bond acceptors (Lipinski definition) is 2. The zero-order valence-corrected chi connectivity index (χ0v) is 14.1. The molecular formula is C19H32O2. The quantitative estimate of drug-likeness (QED) is 0.723. The Morgan fingerprint density at radius 1 is 1.14 bits per heavy atom. The molecule has 1 heterocycles. The smallest absolute Gasteiger partial charge is 0.136 e. The lowest BCUT2D eigenvalue weighted by Crippen LogP contribution is -2.34. The van der Waals surface area contributed by atoms with E-state index in [1.807, 2.05) is 0 Å². The molecule has 2 saturated carbocycles. The maximum atomic E-state index is 12.3. The Morgan fingerprint density at radius 3 is 2.52 bits per heavy atom. The zero-order valence-electron chi connectivity index (χ0n) is 14.1. The number of ketones is 1. The summed E-state index contributed by atoms with van der Waals surface area (Å²) in [6.45, 7) is 6.97. The van der Waals surface area contributed by atoms with Gasteiger partial charge in [0.15, 0.2) is 0 Å². The lowest BCUT2D eigenvalue weighted by molar-refractivity contribution is -0.129. The van der Waals surface area contributed by atoms with E-state index in [0.29, 0.717) is 23.2 Å². The summed E-state index contributed by atoms with van der Waals surface area (Å²) >= 11 is 0. The van der Waals surface area contributed by atoms with Gasteiger partial charge < -0.3 is 4.74 Å². The van der Waals surface area contributed by atoms with Crippen molar-refractivity contribution in [3.05, 3.63) is 0 Å². The van der Waals surface area contributed by atoms with Crippen LogP contribution in [0.3, 0.4) is 0 Å². The van der Waals surface area contributed by atoms with Gasteiger partial charge in [0.2, 0.25) is 0 Å². The van der Waals surface area contributed by atoms with Gasteiger partial charge in [-0.3, -0.25) is 4.79 Å². The molecule has 120 valence electrons. The van der Waals surface area contributed by atoms with Crippen molar-refractivity contribution < 1.29 is 9.53 Å². The van der Waals surface area contributed by atoms with Crippen LogP contribution in [0, 0.1) is 17.3 Å². The average Bonchev–Trinajstić information content (AvgIpc) is 3.02. The first-order valence-electron chi connectivity index (χ1n) is 9.09. The molecule has 0 amide bonds. The fraction of sp³-hybridized carbons (Fsp3) is 0.947. The molecule has 3 unspecified atom stereocenters. The Hall–Kier alpha value is -0.370. The summed E-state index contributed by atoms with van der Waals surface area (Å²) in [5.41, 5.74) is 0.550. The molecule has 21 heavy (non-hydrogen) atoms. The van der Waals surface area contributed by atoms with Gasteiger partial charge >= 0.3 is 0 Å². The van der Waals surface area contributed by atoms with E-state index >= 15 is 0 Å². The first-order valence-corrected chi connectivity index (χ1v) is 9.09. The van der Waals surface area contributed by atoms with Crippen LogP contribution in [0.2, 0.25) is 0 Å². The molecule has 2 nitrogen and oxygen atoms in total. The molecular weight excluding hydrogens is 260 g/mol. The van der Waals surface area contributed by atoms with E-state index in [1.165, 1.54) is 38.5 Å². The maximum absolute atomic E-state index is 12.3. The van der Waals surface area contributed by atoms with Crippen LogP contribution in [0.25, 0.3) is 0 Å². The van der Waals surface area contributed by atoms with E-state index in [4.69, 9.17) is 4.74 Å². The zero-order chi connectivity index (χ0) is 15.1. The van der Waals surface area contributed by atoms with Gasteiger partial charge in [-0.05, 0) is 56.3 Å². The molecule has 0 N–H and O–H groups in total. The van der Waals surface area contributed by atoms with Crippen molar-refractivity contribution in [2.24, 2.45) is 17.3 Å². The summed E-state index contributed by atoms with van der Waals surface area (Å²) in [6, 6.07) is 0. The Labute approximate surface area is 130 Å². The Kier molecular flexibility index (Phi) is 4.20. The monoisotopic (exact) mass is 292 g/mol. The lowest BCUT2D eigenvalue weighted by atomic mass is 9.67. The highest BCUT2D eigenvalue weighted by molar-refractivity contribution is 5.81. The molecule has 3 fully saturated rings.